The molecule has 0 aliphatic heterocycles. The van der Waals surface area contributed by atoms with Crippen molar-refractivity contribution in [2.75, 3.05) is 0 Å². The van der Waals surface area contributed by atoms with E-state index in [9.17, 15) is 0 Å². The van der Waals surface area contributed by atoms with Crippen molar-refractivity contribution in [3.8, 4) is 67.0 Å². The predicted molar refractivity (Wildman–Crippen MR) is 288 cm³/mol. The van der Waals surface area contributed by atoms with E-state index in [0.717, 1.165) is 72.5 Å². The maximum Gasteiger partial charge on any atom is 0.0280 e. The molecule has 0 unspecified atom stereocenters. The van der Waals surface area contributed by atoms with Crippen LogP contribution in [-0.2, 0) is 20.1 Å². The molecule has 0 fully saturated rings. The van der Waals surface area contributed by atoms with Gasteiger partial charge in [0.25, 0.3) is 0 Å². The number of aromatic nitrogens is 2. The van der Waals surface area contributed by atoms with E-state index in [0.29, 0.717) is 11.3 Å². The van der Waals surface area contributed by atoms with Crippen LogP contribution < -0.4 is 4.40 Å². The second-order valence-electron chi connectivity index (χ2n) is 19.7. The largest absolute Gasteiger partial charge is 0.304 e. The predicted octanol–water partition coefficient (Wildman–Crippen LogP) is 17.4. The van der Waals surface area contributed by atoms with E-state index in [1.165, 1.54) is 15.5 Å². The topological polar surface area (TPSA) is 25.8 Å². The second kappa shape index (κ2) is 22.3. The van der Waals surface area contributed by atoms with E-state index in [1.807, 2.05) is 48.5 Å². The summed E-state index contributed by atoms with van der Waals surface area (Å²) < 4.78 is 51.1. The van der Waals surface area contributed by atoms with Crippen molar-refractivity contribution in [3.63, 3.8) is 0 Å². The van der Waals surface area contributed by atoms with Gasteiger partial charge < -0.3 is 4.98 Å². The van der Waals surface area contributed by atoms with Gasteiger partial charge in [-0.15, -0.1) is 35.4 Å². The molecular formula is C63H68GeIrN2-2. The second-order valence-corrected chi connectivity index (χ2v) is 30.3. The van der Waals surface area contributed by atoms with Crippen molar-refractivity contribution in [1.29, 1.82) is 0 Å². The van der Waals surface area contributed by atoms with Crippen LogP contribution >= 0.6 is 0 Å². The van der Waals surface area contributed by atoms with E-state index in [-0.39, 0.29) is 49.3 Å². The fourth-order valence-corrected chi connectivity index (χ4v) is 10.9. The summed E-state index contributed by atoms with van der Waals surface area (Å²) in [5.74, 6) is 8.00. The molecular weight excluding hydrogens is 1050 g/mol. The third kappa shape index (κ3) is 11.9. The fourth-order valence-electron chi connectivity index (χ4n) is 8.66. The van der Waals surface area contributed by atoms with Gasteiger partial charge in [0.15, 0.2) is 0 Å². The molecule has 0 N–H and O–H groups in total. The molecule has 2 heterocycles. The molecule has 67 heavy (non-hydrogen) atoms. The van der Waals surface area contributed by atoms with Crippen LogP contribution in [0.5, 0.6) is 0 Å². The maximum absolute atomic E-state index is 8.40. The molecule has 0 spiro atoms. The van der Waals surface area contributed by atoms with Gasteiger partial charge in [-0.2, -0.15) is 0 Å². The average Bonchev–Trinajstić information content (AvgIpc) is 3.35. The molecule has 0 aliphatic rings. The zero-order valence-electron chi connectivity index (χ0n) is 47.0. The van der Waals surface area contributed by atoms with Crippen molar-refractivity contribution in [2.45, 2.75) is 110 Å². The summed E-state index contributed by atoms with van der Waals surface area (Å²) in [6.07, 6.45) is 3.09. The normalized spacial score (nSPS) is 13.2. The molecule has 0 amide bonds. The van der Waals surface area contributed by atoms with Crippen LogP contribution in [0.3, 0.4) is 0 Å². The van der Waals surface area contributed by atoms with Gasteiger partial charge in [0, 0.05) is 30.4 Å². The Bertz CT molecular complexity index is 3080. The third-order valence-electron chi connectivity index (χ3n) is 12.4. The first-order chi connectivity index (χ1) is 33.9. The molecule has 2 nitrogen and oxygen atoms in total. The van der Waals surface area contributed by atoms with Crippen LogP contribution in [0.4, 0.5) is 0 Å². The Morgan fingerprint density at radius 3 is 1.39 bits per heavy atom. The van der Waals surface area contributed by atoms with E-state index >= 15 is 0 Å². The molecule has 8 aromatic rings. The Morgan fingerprint density at radius 1 is 0.463 bits per heavy atom. The molecule has 8 rings (SSSR count). The van der Waals surface area contributed by atoms with Crippen molar-refractivity contribution in [2.24, 2.45) is 0 Å². The first-order valence-corrected chi connectivity index (χ1v) is 30.8. The van der Waals surface area contributed by atoms with Crippen molar-refractivity contribution in [3.05, 3.63) is 197 Å². The van der Waals surface area contributed by atoms with Gasteiger partial charge in [0.1, 0.15) is 0 Å². The number of aryl methyl sites for hydroxylation is 2. The van der Waals surface area contributed by atoms with Gasteiger partial charge in [-0.1, -0.05) is 107 Å². The Kier molecular flexibility index (Phi) is 14.3. The van der Waals surface area contributed by atoms with Crippen molar-refractivity contribution < 1.29 is 28.3 Å². The summed E-state index contributed by atoms with van der Waals surface area (Å²) in [5.41, 5.74) is 16.3. The number of hydrogen-bond acceptors (Lipinski definition) is 2. The van der Waals surface area contributed by atoms with Gasteiger partial charge in [-0.3, -0.25) is 0 Å². The Balaban J connectivity index is 0.000000241. The van der Waals surface area contributed by atoms with Gasteiger partial charge >= 0.3 is 184 Å². The number of pyridine rings is 2. The van der Waals surface area contributed by atoms with Gasteiger partial charge in [0.05, 0.1) is 0 Å². The molecule has 0 saturated heterocycles. The quantitative estimate of drug-likeness (QED) is 0.0953. The summed E-state index contributed by atoms with van der Waals surface area (Å²) in [6, 6.07) is 54.4. The Morgan fingerprint density at radius 2 is 0.940 bits per heavy atom. The number of nitrogens with zero attached hydrogens (tertiary/aromatic N) is 2. The molecule has 0 saturated carbocycles. The molecule has 0 bridgehead atoms. The van der Waals surface area contributed by atoms with Crippen molar-refractivity contribution in [1.82, 2.24) is 9.97 Å². The fraction of sp³-hybridized carbons (Fsp3) is 0.270. The number of benzene rings is 6. The monoisotopic (exact) mass is 1130 g/mol. The SMILES string of the molecule is [2H]C([2H])([2H])c1cnc(-c2[c-]c[c]([Ge]([CH3])([CH3])[CH3])cc2)cc1-c1c(C(C)C)cccc1C(C)C.[2H]C([2H])([2H])c1cnc(-c2[c-]ccc(-c3ccccc3)c2)cc1-c1c(C(C)C)cc(-c2ccccc2)cc1C(C)C.[Ir]. The van der Waals surface area contributed by atoms with Crippen LogP contribution in [0.2, 0.25) is 17.3 Å². The van der Waals surface area contributed by atoms with Crippen LogP contribution in [0.15, 0.2) is 152 Å². The standard InChI is InChI=1S/C36H34N.C27H34GeN.Ir/c1-24(2)32-20-31(28-15-10-7-11-16-28)21-33(25(3)4)36(32)34-22-35(37-23-26(34)5)30-18-12-17-29(19-30)27-13-8-6-9-14-27;1-18(2)23-10-9-11-24(19(3)4)27(23)25-16-26(29-17-20(25)5)21-12-14-22(15-13-21)28(6,7)8;/h6-17,19-25H,1-5H3;9-12,14-19H,1-8H3;/q2*-1;/i2*5D3;. The molecule has 0 atom stereocenters. The molecule has 1 radical (unpaired) electrons. The van der Waals surface area contributed by atoms with Gasteiger partial charge in [-0.25, -0.2) is 0 Å². The van der Waals surface area contributed by atoms with Gasteiger partial charge in [-0.05, 0) is 68.9 Å². The van der Waals surface area contributed by atoms with E-state index in [1.54, 1.807) is 12.4 Å². The summed E-state index contributed by atoms with van der Waals surface area (Å²) in [5, 5.41) is 0. The smallest absolute Gasteiger partial charge is 0.0280 e. The zero-order valence-corrected chi connectivity index (χ0v) is 45.5. The molecule has 4 heteroatoms. The van der Waals surface area contributed by atoms with Crippen LogP contribution in [0.1, 0.15) is 121 Å². The maximum atomic E-state index is 8.40. The Labute approximate surface area is 427 Å². The van der Waals surface area contributed by atoms with Crippen LogP contribution in [-0.4, -0.2) is 23.2 Å². The minimum absolute atomic E-state index is 0. The molecule has 345 valence electrons. The summed E-state index contributed by atoms with van der Waals surface area (Å²) in [7, 11) is 0. The summed E-state index contributed by atoms with van der Waals surface area (Å²) in [4.78, 5) is 9.23. The minimum atomic E-state index is -2.31. The number of rotatable bonds is 11. The van der Waals surface area contributed by atoms with E-state index < -0.39 is 27.0 Å². The first kappa shape index (κ1) is 43.1. The summed E-state index contributed by atoms with van der Waals surface area (Å²) in [6.45, 7) is 12.8. The first-order valence-electron chi connectivity index (χ1n) is 26.4. The molecule has 2 aromatic heterocycles. The van der Waals surface area contributed by atoms with Crippen molar-refractivity contribution >= 4 is 17.7 Å². The third-order valence-corrected chi connectivity index (χ3v) is 16.7. The zero-order chi connectivity index (χ0) is 52.3. The summed E-state index contributed by atoms with van der Waals surface area (Å²) >= 11 is -1.93. The van der Waals surface area contributed by atoms with E-state index in [2.05, 4.69) is 186 Å². The molecule has 6 aromatic carbocycles. The Hall–Kier alpha value is -5.19. The van der Waals surface area contributed by atoms with Gasteiger partial charge in [0.2, 0.25) is 0 Å². The van der Waals surface area contributed by atoms with Crippen LogP contribution in [0, 0.1) is 25.8 Å². The number of hydrogen-bond donors (Lipinski definition) is 0. The van der Waals surface area contributed by atoms with Crippen LogP contribution in [0.25, 0.3) is 67.0 Å². The van der Waals surface area contributed by atoms with E-state index in [4.69, 9.17) is 8.22 Å². The average molecular weight is 1120 g/mol. The molecule has 0 aliphatic carbocycles. The minimum Gasteiger partial charge on any atom is -0.304 e.